The predicted octanol–water partition coefficient (Wildman–Crippen LogP) is 3.14. The van der Waals surface area contributed by atoms with Gasteiger partial charge >= 0.3 is 0 Å². The molecule has 18 heavy (non-hydrogen) atoms. The molecule has 0 spiro atoms. The van der Waals surface area contributed by atoms with Gasteiger partial charge in [-0.1, -0.05) is 19.4 Å². The molecule has 0 bridgehead atoms. The first-order chi connectivity index (χ1) is 8.79. The molecule has 1 fully saturated rings. The number of nitrogens with zero attached hydrogens (tertiary/aromatic N) is 1. The lowest BCUT2D eigenvalue weighted by Gasteiger charge is -2.30. The lowest BCUT2D eigenvalue weighted by atomic mass is 10.1. The van der Waals surface area contributed by atoms with Crippen LogP contribution in [-0.4, -0.2) is 36.6 Å². The molecule has 1 aromatic rings. The van der Waals surface area contributed by atoms with E-state index in [1.807, 2.05) is 11.3 Å². The maximum absolute atomic E-state index is 3.69. The summed E-state index contributed by atoms with van der Waals surface area (Å²) in [5, 5.41) is 5.87. The van der Waals surface area contributed by atoms with Crippen molar-refractivity contribution in [2.24, 2.45) is 0 Å². The van der Waals surface area contributed by atoms with E-state index < -0.39 is 0 Å². The van der Waals surface area contributed by atoms with Crippen LogP contribution in [0.3, 0.4) is 0 Å². The highest BCUT2D eigenvalue weighted by atomic mass is 32.1. The first-order valence-corrected chi connectivity index (χ1v) is 8.17. The van der Waals surface area contributed by atoms with Gasteiger partial charge in [0, 0.05) is 23.5 Å². The number of rotatable bonds is 5. The van der Waals surface area contributed by atoms with Crippen LogP contribution in [0.5, 0.6) is 0 Å². The summed E-state index contributed by atoms with van der Waals surface area (Å²) in [5.41, 5.74) is 0. The molecule has 1 saturated heterocycles. The van der Waals surface area contributed by atoms with Crippen LogP contribution in [0.15, 0.2) is 17.5 Å². The Morgan fingerprint density at radius 1 is 1.56 bits per heavy atom. The van der Waals surface area contributed by atoms with Crippen molar-refractivity contribution >= 4 is 11.3 Å². The zero-order valence-corrected chi connectivity index (χ0v) is 12.5. The highest BCUT2D eigenvalue weighted by Crippen LogP contribution is 2.16. The normalized spacial score (nSPS) is 23.8. The molecule has 3 heteroatoms. The molecule has 1 aromatic heterocycles. The topological polar surface area (TPSA) is 15.3 Å². The second kappa shape index (κ2) is 7.27. The molecule has 0 aromatic carbocycles. The van der Waals surface area contributed by atoms with Crippen LogP contribution >= 0.6 is 11.3 Å². The van der Waals surface area contributed by atoms with E-state index in [4.69, 9.17) is 0 Å². The van der Waals surface area contributed by atoms with Gasteiger partial charge in [-0.3, -0.25) is 4.90 Å². The molecule has 0 aliphatic carbocycles. The summed E-state index contributed by atoms with van der Waals surface area (Å²) in [6.45, 7) is 8.33. The average molecular weight is 266 g/mol. The third kappa shape index (κ3) is 4.08. The molecule has 2 atom stereocenters. The largest absolute Gasteiger partial charge is 0.313 e. The van der Waals surface area contributed by atoms with Crippen molar-refractivity contribution in [1.82, 2.24) is 10.2 Å². The lowest BCUT2D eigenvalue weighted by molar-refractivity contribution is 0.201. The van der Waals surface area contributed by atoms with Crippen LogP contribution in [0.2, 0.25) is 0 Å². The van der Waals surface area contributed by atoms with Crippen molar-refractivity contribution in [2.75, 3.05) is 19.6 Å². The van der Waals surface area contributed by atoms with Crippen molar-refractivity contribution in [3.8, 4) is 0 Å². The summed E-state index contributed by atoms with van der Waals surface area (Å²) in [6, 6.07) is 5.79. The molecule has 1 N–H and O–H groups in total. The second-order valence-corrected chi connectivity index (χ2v) is 6.45. The van der Waals surface area contributed by atoms with E-state index in [0.717, 1.165) is 0 Å². The van der Waals surface area contributed by atoms with Gasteiger partial charge in [-0.15, -0.1) is 11.3 Å². The Labute approximate surface area is 115 Å². The first-order valence-electron chi connectivity index (χ1n) is 7.29. The Morgan fingerprint density at radius 3 is 3.17 bits per heavy atom. The third-order valence-corrected chi connectivity index (χ3v) is 4.75. The fourth-order valence-corrected chi connectivity index (χ4v) is 3.64. The van der Waals surface area contributed by atoms with E-state index in [0.29, 0.717) is 12.1 Å². The van der Waals surface area contributed by atoms with Crippen LogP contribution in [-0.2, 0) is 6.42 Å². The van der Waals surface area contributed by atoms with Crippen molar-refractivity contribution in [3.05, 3.63) is 22.4 Å². The highest BCUT2D eigenvalue weighted by Gasteiger charge is 2.21. The van der Waals surface area contributed by atoms with Crippen LogP contribution in [0.25, 0.3) is 0 Å². The molecule has 2 unspecified atom stereocenters. The first kappa shape index (κ1) is 14.0. The molecule has 1 aliphatic heterocycles. The summed E-state index contributed by atoms with van der Waals surface area (Å²) in [5.74, 6) is 0. The van der Waals surface area contributed by atoms with Gasteiger partial charge in [0.1, 0.15) is 0 Å². The number of hydrogen-bond acceptors (Lipinski definition) is 3. The zero-order valence-electron chi connectivity index (χ0n) is 11.7. The monoisotopic (exact) mass is 266 g/mol. The number of thiophene rings is 1. The highest BCUT2D eigenvalue weighted by molar-refractivity contribution is 7.09. The zero-order chi connectivity index (χ0) is 12.8. The summed E-state index contributed by atoms with van der Waals surface area (Å²) in [4.78, 5) is 4.20. The minimum atomic E-state index is 0.669. The van der Waals surface area contributed by atoms with Crippen LogP contribution in [0.4, 0.5) is 0 Å². The quantitative estimate of drug-likeness (QED) is 0.881. The van der Waals surface area contributed by atoms with E-state index in [1.165, 1.54) is 50.2 Å². The van der Waals surface area contributed by atoms with Gasteiger partial charge in [-0.05, 0) is 50.7 Å². The molecular weight excluding hydrogens is 240 g/mol. The van der Waals surface area contributed by atoms with Crippen molar-refractivity contribution < 1.29 is 0 Å². The standard InChI is InChI=1S/C15H26N2S/c1-3-6-14-12-17(9-5-8-16-14)13(2)11-15-7-4-10-18-15/h4,7,10,13-14,16H,3,5-6,8-9,11-12H2,1-2H3. The smallest absolute Gasteiger partial charge is 0.0195 e. The van der Waals surface area contributed by atoms with E-state index in [2.05, 4.69) is 41.6 Å². The Kier molecular flexibility index (Phi) is 5.67. The third-order valence-electron chi connectivity index (χ3n) is 3.85. The lowest BCUT2D eigenvalue weighted by Crippen LogP contribution is -2.42. The minimum absolute atomic E-state index is 0.669. The Hall–Kier alpha value is -0.380. The fraction of sp³-hybridized carbons (Fsp3) is 0.733. The number of nitrogens with one attached hydrogen (secondary N) is 1. The molecule has 1 aliphatic rings. The Balaban J connectivity index is 1.89. The predicted molar refractivity (Wildman–Crippen MR) is 80.4 cm³/mol. The summed E-state index contributed by atoms with van der Waals surface area (Å²) in [6.07, 6.45) is 5.08. The molecule has 2 rings (SSSR count). The van der Waals surface area contributed by atoms with Gasteiger partial charge in [0.2, 0.25) is 0 Å². The van der Waals surface area contributed by atoms with Gasteiger partial charge in [-0.25, -0.2) is 0 Å². The summed E-state index contributed by atoms with van der Waals surface area (Å²) < 4.78 is 0. The molecule has 102 valence electrons. The molecule has 0 radical (unpaired) electrons. The molecular formula is C15H26N2S. The molecule has 0 saturated carbocycles. The van der Waals surface area contributed by atoms with Crippen LogP contribution < -0.4 is 5.32 Å². The van der Waals surface area contributed by atoms with Crippen molar-refractivity contribution in [3.63, 3.8) is 0 Å². The van der Waals surface area contributed by atoms with E-state index in [9.17, 15) is 0 Å². The number of hydrogen-bond donors (Lipinski definition) is 1. The maximum Gasteiger partial charge on any atom is 0.0195 e. The van der Waals surface area contributed by atoms with Gasteiger partial charge in [0.05, 0.1) is 0 Å². The summed E-state index contributed by atoms with van der Waals surface area (Å²) >= 11 is 1.89. The van der Waals surface area contributed by atoms with E-state index in [1.54, 1.807) is 0 Å². The Morgan fingerprint density at radius 2 is 2.44 bits per heavy atom. The van der Waals surface area contributed by atoms with Gasteiger partial charge < -0.3 is 5.32 Å². The molecule has 2 nitrogen and oxygen atoms in total. The maximum atomic E-state index is 3.69. The van der Waals surface area contributed by atoms with Crippen LogP contribution in [0, 0.1) is 0 Å². The minimum Gasteiger partial charge on any atom is -0.313 e. The second-order valence-electron chi connectivity index (χ2n) is 5.42. The van der Waals surface area contributed by atoms with Gasteiger partial charge in [0.25, 0.3) is 0 Å². The van der Waals surface area contributed by atoms with Crippen molar-refractivity contribution in [1.29, 1.82) is 0 Å². The average Bonchev–Trinajstić information content (AvgIpc) is 2.74. The fourth-order valence-electron chi connectivity index (χ4n) is 2.82. The van der Waals surface area contributed by atoms with E-state index >= 15 is 0 Å². The Bertz CT molecular complexity index is 323. The van der Waals surface area contributed by atoms with Gasteiger partial charge in [-0.2, -0.15) is 0 Å². The molecule has 0 amide bonds. The molecule has 2 heterocycles. The SMILES string of the molecule is CCCC1CN(C(C)Cc2cccs2)CCCN1. The van der Waals surface area contributed by atoms with Crippen molar-refractivity contribution in [2.45, 2.75) is 51.6 Å². The van der Waals surface area contributed by atoms with E-state index in [-0.39, 0.29) is 0 Å². The summed E-state index contributed by atoms with van der Waals surface area (Å²) in [7, 11) is 0. The van der Waals surface area contributed by atoms with Gasteiger partial charge in [0.15, 0.2) is 0 Å². The van der Waals surface area contributed by atoms with Crippen LogP contribution in [0.1, 0.15) is 38.0 Å².